The minimum Gasteiger partial charge on any atom is -0.444 e. The van der Waals surface area contributed by atoms with Crippen LogP contribution in [0.15, 0.2) is 24.3 Å². The number of likely N-dealkylation sites (N-methyl/N-ethyl adjacent to an activating group) is 1. The zero-order valence-corrected chi connectivity index (χ0v) is 16.0. The Balaban J connectivity index is 1.85. The molecule has 0 saturated carbocycles. The van der Waals surface area contributed by atoms with Crippen LogP contribution in [0.3, 0.4) is 0 Å². The van der Waals surface area contributed by atoms with Crippen LogP contribution < -0.4 is 4.90 Å². The number of carbonyl (C=O) groups excluding carboxylic acids is 2. The number of piperazine rings is 1. The minimum absolute atomic E-state index is 0.0149. The van der Waals surface area contributed by atoms with Gasteiger partial charge in [-0.1, -0.05) is 23.7 Å². The molecule has 0 atom stereocenters. The van der Waals surface area contributed by atoms with Gasteiger partial charge in [0.05, 0.1) is 10.7 Å². The molecule has 25 heavy (non-hydrogen) atoms. The van der Waals surface area contributed by atoms with Crippen LogP contribution in [0.1, 0.15) is 20.8 Å². The van der Waals surface area contributed by atoms with Crippen LogP contribution in [0.5, 0.6) is 0 Å². The summed E-state index contributed by atoms with van der Waals surface area (Å²) in [7, 11) is 1.58. The number of anilines is 1. The van der Waals surface area contributed by atoms with Crippen molar-refractivity contribution in [3.8, 4) is 0 Å². The van der Waals surface area contributed by atoms with Crippen molar-refractivity contribution in [3.05, 3.63) is 29.3 Å². The molecule has 1 aliphatic heterocycles. The summed E-state index contributed by atoms with van der Waals surface area (Å²) >= 11 is 6.23. The van der Waals surface area contributed by atoms with Crippen molar-refractivity contribution in [2.45, 2.75) is 26.4 Å². The molecule has 138 valence electrons. The number of ether oxygens (including phenoxy) is 1. The summed E-state index contributed by atoms with van der Waals surface area (Å²) in [5.74, 6) is -0.0767. The van der Waals surface area contributed by atoms with E-state index in [1.165, 1.54) is 4.90 Å². The molecule has 0 aromatic heterocycles. The van der Waals surface area contributed by atoms with E-state index < -0.39 is 11.7 Å². The minimum atomic E-state index is -0.574. The molecule has 6 nitrogen and oxygen atoms in total. The Labute approximate surface area is 154 Å². The smallest absolute Gasteiger partial charge is 0.410 e. The fraction of sp³-hybridized carbons (Fsp3) is 0.556. The predicted molar refractivity (Wildman–Crippen MR) is 99.1 cm³/mol. The van der Waals surface area contributed by atoms with Crippen molar-refractivity contribution in [3.63, 3.8) is 0 Å². The maximum absolute atomic E-state index is 12.4. The van der Waals surface area contributed by atoms with Gasteiger partial charge in [0.2, 0.25) is 5.91 Å². The van der Waals surface area contributed by atoms with Crippen LogP contribution in [0, 0.1) is 0 Å². The molecule has 1 fully saturated rings. The first-order valence-corrected chi connectivity index (χ1v) is 8.76. The molecule has 0 aliphatic carbocycles. The molecule has 0 N–H and O–H groups in total. The quantitative estimate of drug-likeness (QED) is 0.824. The van der Waals surface area contributed by atoms with E-state index in [-0.39, 0.29) is 12.5 Å². The van der Waals surface area contributed by atoms with Crippen LogP contribution in [0.2, 0.25) is 5.02 Å². The van der Waals surface area contributed by atoms with E-state index in [2.05, 4.69) is 4.90 Å². The van der Waals surface area contributed by atoms with E-state index in [1.54, 1.807) is 32.7 Å². The van der Waals surface area contributed by atoms with Gasteiger partial charge in [-0.3, -0.25) is 4.79 Å². The number of hydrogen-bond acceptors (Lipinski definition) is 4. The summed E-state index contributed by atoms with van der Waals surface area (Å²) in [6.45, 7) is 8.05. The van der Waals surface area contributed by atoms with E-state index in [4.69, 9.17) is 16.3 Å². The molecule has 0 unspecified atom stereocenters. The van der Waals surface area contributed by atoms with Gasteiger partial charge in [-0.25, -0.2) is 4.79 Å². The van der Waals surface area contributed by atoms with Gasteiger partial charge in [0.15, 0.2) is 0 Å². The third kappa shape index (κ3) is 5.53. The highest BCUT2D eigenvalue weighted by Crippen LogP contribution is 2.26. The predicted octanol–water partition coefficient (Wildman–Crippen LogP) is 2.86. The fourth-order valence-electron chi connectivity index (χ4n) is 2.61. The summed E-state index contributed by atoms with van der Waals surface area (Å²) in [4.78, 5) is 29.6. The number of nitrogens with zero attached hydrogens (tertiary/aromatic N) is 3. The highest BCUT2D eigenvalue weighted by molar-refractivity contribution is 6.33. The molecule has 0 radical (unpaired) electrons. The van der Waals surface area contributed by atoms with Crippen LogP contribution >= 0.6 is 11.6 Å². The van der Waals surface area contributed by atoms with Crippen molar-refractivity contribution in [2.75, 3.05) is 44.7 Å². The monoisotopic (exact) mass is 367 g/mol. The molecule has 0 bridgehead atoms. The second kappa shape index (κ2) is 7.95. The Hall–Kier alpha value is -1.95. The summed E-state index contributed by atoms with van der Waals surface area (Å²) in [5, 5.41) is 0.715. The largest absolute Gasteiger partial charge is 0.444 e. The lowest BCUT2D eigenvalue weighted by Gasteiger charge is -2.37. The molecule has 2 amide bonds. The first kappa shape index (κ1) is 19.4. The lowest BCUT2D eigenvalue weighted by Crippen LogP contribution is -2.51. The Kier molecular flexibility index (Phi) is 6.16. The molecular formula is C18H26ClN3O3. The molecular weight excluding hydrogens is 342 g/mol. The van der Waals surface area contributed by atoms with Crippen LogP contribution in [0.25, 0.3) is 0 Å². The lowest BCUT2D eigenvalue weighted by molar-refractivity contribution is -0.132. The van der Waals surface area contributed by atoms with Crippen LogP contribution in [-0.4, -0.2) is 67.2 Å². The van der Waals surface area contributed by atoms with Crippen molar-refractivity contribution in [1.29, 1.82) is 0 Å². The van der Waals surface area contributed by atoms with E-state index in [1.807, 2.05) is 24.3 Å². The molecule has 1 saturated heterocycles. The van der Waals surface area contributed by atoms with Gasteiger partial charge in [-0.15, -0.1) is 0 Å². The fourth-order valence-corrected chi connectivity index (χ4v) is 2.87. The van der Waals surface area contributed by atoms with Gasteiger partial charge in [-0.2, -0.15) is 0 Å². The number of benzene rings is 1. The third-order valence-electron chi connectivity index (χ3n) is 3.90. The molecule has 1 aliphatic rings. The summed E-state index contributed by atoms with van der Waals surface area (Å²) < 4.78 is 5.27. The topological polar surface area (TPSA) is 53.1 Å². The van der Waals surface area contributed by atoms with E-state index in [0.717, 1.165) is 5.69 Å². The van der Waals surface area contributed by atoms with Crippen LogP contribution in [-0.2, 0) is 9.53 Å². The SMILES string of the molecule is CN(CC(=O)N1CCN(c2ccccc2Cl)CC1)C(=O)OC(C)(C)C. The van der Waals surface area contributed by atoms with Gasteiger partial charge in [0, 0.05) is 33.2 Å². The summed E-state index contributed by atoms with van der Waals surface area (Å²) in [5.41, 5.74) is 0.414. The van der Waals surface area contributed by atoms with E-state index in [0.29, 0.717) is 31.2 Å². The maximum Gasteiger partial charge on any atom is 0.410 e. The van der Waals surface area contributed by atoms with Crippen molar-refractivity contribution in [2.24, 2.45) is 0 Å². The van der Waals surface area contributed by atoms with Gasteiger partial charge < -0.3 is 19.4 Å². The number of para-hydroxylation sites is 1. The maximum atomic E-state index is 12.4. The first-order chi connectivity index (χ1) is 11.7. The summed E-state index contributed by atoms with van der Waals surface area (Å²) in [6.07, 6.45) is -0.490. The Morgan fingerprint density at radius 3 is 2.32 bits per heavy atom. The van der Waals surface area contributed by atoms with E-state index >= 15 is 0 Å². The van der Waals surface area contributed by atoms with Crippen LogP contribution in [0.4, 0.5) is 10.5 Å². The van der Waals surface area contributed by atoms with Crippen molar-refractivity contribution < 1.29 is 14.3 Å². The Morgan fingerprint density at radius 2 is 1.76 bits per heavy atom. The molecule has 1 heterocycles. The van der Waals surface area contributed by atoms with Gasteiger partial charge >= 0.3 is 6.09 Å². The molecule has 0 spiro atoms. The second-order valence-electron chi connectivity index (χ2n) is 7.16. The number of carbonyl (C=O) groups is 2. The summed E-state index contributed by atoms with van der Waals surface area (Å²) in [6, 6.07) is 7.70. The van der Waals surface area contributed by atoms with Crippen molar-refractivity contribution >= 4 is 29.3 Å². The van der Waals surface area contributed by atoms with Gasteiger partial charge in [0.25, 0.3) is 0 Å². The Morgan fingerprint density at radius 1 is 1.16 bits per heavy atom. The second-order valence-corrected chi connectivity index (χ2v) is 7.56. The van der Waals surface area contributed by atoms with Crippen molar-refractivity contribution in [1.82, 2.24) is 9.80 Å². The normalized spacial score (nSPS) is 15.1. The number of hydrogen-bond donors (Lipinski definition) is 0. The third-order valence-corrected chi connectivity index (χ3v) is 4.22. The molecule has 2 rings (SSSR count). The first-order valence-electron chi connectivity index (χ1n) is 8.39. The molecule has 1 aromatic carbocycles. The highest BCUT2D eigenvalue weighted by Gasteiger charge is 2.26. The van der Waals surface area contributed by atoms with Gasteiger partial charge in [-0.05, 0) is 32.9 Å². The molecule has 7 heteroatoms. The average Bonchev–Trinajstić information content (AvgIpc) is 2.54. The molecule has 1 aromatic rings. The zero-order chi connectivity index (χ0) is 18.6. The van der Waals surface area contributed by atoms with Gasteiger partial charge in [0.1, 0.15) is 12.1 Å². The number of amides is 2. The number of halogens is 1. The number of rotatable bonds is 3. The zero-order valence-electron chi connectivity index (χ0n) is 15.3. The average molecular weight is 368 g/mol. The van der Waals surface area contributed by atoms with E-state index in [9.17, 15) is 9.59 Å². The lowest BCUT2D eigenvalue weighted by atomic mass is 10.2. The standard InChI is InChI=1S/C18H26ClN3O3/c1-18(2,3)25-17(24)20(4)13-16(23)22-11-9-21(10-12-22)15-8-6-5-7-14(15)19/h5-8H,9-13H2,1-4H3. The Bertz CT molecular complexity index is 622. The highest BCUT2D eigenvalue weighted by atomic mass is 35.5.